The Morgan fingerprint density at radius 2 is 1.72 bits per heavy atom. The molecule has 0 bridgehead atoms. The van der Waals surface area contributed by atoms with Crippen LogP contribution in [-0.2, 0) is 19.7 Å². The highest BCUT2D eigenvalue weighted by Crippen LogP contribution is 2.20. The molecule has 0 unspecified atom stereocenters. The maximum atomic E-state index is 8.97. The van der Waals surface area contributed by atoms with Crippen LogP contribution in [0.4, 0.5) is 0 Å². The summed E-state index contributed by atoms with van der Waals surface area (Å²) >= 11 is 1.86. The van der Waals surface area contributed by atoms with Crippen LogP contribution < -0.4 is 5.32 Å². The van der Waals surface area contributed by atoms with Crippen molar-refractivity contribution in [3.63, 3.8) is 0 Å². The van der Waals surface area contributed by atoms with Crippen LogP contribution in [0.15, 0.2) is 30.3 Å². The van der Waals surface area contributed by atoms with Crippen molar-refractivity contribution in [1.82, 2.24) is 5.32 Å². The van der Waals surface area contributed by atoms with Gasteiger partial charge in [-0.2, -0.15) is 0 Å². The third-order valence-electron chi connectivity index (χ3n) is 3.05. The number of hydrogen-bond donors (Lipinski definition) is 2. The van der Waals surface area contributed by atoms with Gasteiger partial charge in [0.15, 0.2) is 0 Å². The van der Waals surface area contributed by atoms with Crippen LogP contribution in [0.25, 0.3) is 0 Å². The molecule has 0 spiro atoms. The van der Waals surface area contributed by atoms with Gasteiger partial charge < -0.3 is 10.4 Å². The molecular formula is C15H19NOS. The Hall–Kier alpha value is -1.16. The summed E-state index contributed by atoms with van der Waals surface area (Å²) in [5.74, 6) is 0. The number of aliphatic hydroxyl groups is 1. The minimum absolute atomic E-state index is 0.113. The van der Waals surface area contributed by atoms with E-state index in [0.717, 1.165) is 18.7 Å². The predicted octanol–water partition coefficient (Wildman–Crippen LogP) is 3.15. The van der Waals surface area contributed by atoms with Crippen molar-refractivity contribution in [3.8, 4) is 0 Å². The lowest BCUT2D eigenvalue weighted by atomic mass is 10.1. The van der Waals surface area contributed by atoms with Crippen LogP contribution in [0.2, 0.25) is 0 Å². The highest BCUT2D eigenvalue weighted by molar-refractivity contribution is 7.12. The van der Waals surface area contributed by atoms with E-state index in [1.165, 1.54) is 20.9 Å². The van der Waals surface area contributed by atoms with E-state index in [1.807, 2.05) is 23.5 Å². The Morgan fingerprint density at radius 3 is 2.28 bits per heavy atom. The third kappa shape index (κ3) is 3.42. The number of hydrogen-bond acceptors (Lipinski definition) is 3. The van der Waals surface area contributed by atoms with Gasteiger partial charge in [0, 0.05) is 22.8 Å². The van der Waals surface area contributed by atoms with Crippen LogP contribution in [0.1, 0.15) is 26.4 Å². The fourth-order valence-corrected chi connectivity index (χ4v) is 2.85. The second-order valence-electron chi connectivity index (χ2n) is 4.53. The maximum Gasteiger partial charge on any atom is 0.0681 e. The molecule has 1 aromatic heterocycles. The lowest BCUT2D eigenvalue weighted by Crippen LogP contribution is -2.11. The van der Waals surface area contributed by atoms with Gasteiger partial charge >= 0.3 is 0 Å². The van der Waals surface area contributed by atoms with E-state index in [2.05, 4.69) is 37.4 Å². The maximum absolute atomic E-state index is 8.97. The number of benzene rings is 1. The molecule has 3 heteroatoms. The van der Waals surface area contributed by atoms with E-state index >= 15 is 0 Å². The number of aryl methyl sites for hydroxylation is 2. The lowest BCUT2D eigenvalue weighted by molar-refractivity contribution is 0.282. The second-order valence-corrected chi connectivity index (χ2v) is 5.87. The molecule has 18 heavy (non-hydrogen) atoms. The summed E-state index contributed by atoms with van der Waals surface area (Å²) < 4.78 is 0. The molecule has 2 aromatic rings. The normalized spacial score (nSPS) is 10.8. The third-order valence-corrected chi connectivity index (χ3v) is 4.20. The average Bonchev–Trinajstić information content (AvgIpc) is 2.69. The van der Waals surface area contributed by atoms with E-state index in [0.29, 0.717) is 0 Å². The number of rotatable bonds is 5. The summed E-state index contributed by atoms with van der Waals surface area (Å²) in [6.07, 6.45) is 0. The van der Waals surface area contributed by atoms with Gasteiger partial charge in [0.05, 0.1) is 6.61 Å². The van der Waals surface area contributed by atoms with Crippen LogP contribution in [-0.4, -0.2) is 5.11 Å². The van der Waals surface area contributed by atoms with Crippen LogP contribution in [0.5, 0.6) is 0 Å². The van der Waals surface area contributed by atoms with E-state index in [-0.39, 0.29) is 6.61 Å². The zero-order valence-corrected chi connectivity index (χ0v) is 11.7. The van der Waals surface area contributed by atoms with Gasteiger partial charge in [0.2, 0.25) is 0 Å². The van der Waals surface area contributed by atoms with Crippen LogP contribution in [0, 0.1) is 13.8 Å². The Kier molecular flexibility index (Phi) is 4.53. The molecule has 0 amide bonds. The molecule has 2 N–H and O–H groups in total. The van der Waals surface area contributed by atoms with Crippen molar-refractivity contribution in [2.75, 3.05) is 0 Å². The van der Waals surface area contributed by atoms with Gasteiger partial charge in [-0.05, 0) is 36.6 Å². The summed E-state index contributed by atoms with van der Waals surface area (Å²) in [6.45, 7) is 6.21. The standard InChI is InChI=1S/C15H19NOS/c1-11-7-15(18-12(11)2)9-16-8-13-3-5-14(10-17)6-4-13/h3-7,16-17H,8-10H2,1-2H3. The monoisotopic (exact) mass is 261 g/mol. The summed E-state index contributed by atoms with van der Waals surface area (Å²) in [4.78, 5) is 2.79. The van der Waals surface area contributed by atoms with Crippen molar-refractivity contribution in [2.45, 2.75) is 33.5 Å². The van der Waals surface area contributed by atoms with E-state index in [1.54, 1.807) is 0 Å². The predicted molar refractivity (Wildman–Crippen MR) is 76.7 cm³/mol. The largest absolute Gasteiger partial charge is 0.392 e. The first kappa shape index (κ1) is 13.3. The first-order valence-corrected chi connectivity index (χ1v) is 6.96. The summed E-state index contributed by atoms with van der Waals surface area (Å²) in [6, 6.07) is 10.3. The van der Waals surface area contributed by atoms with Gasteiger partial charge in [0.25, 0.3) is 0 Å². The van der Waals surface area contributed by atoms with Crippen LogP contribution in [0.3, 0.4) is 0 Å². The minimum atomic E-state index is 0.113. The minimum Gasteiger partial charge on any atom is -0.392 e. The van der Waals surface area contributed by atoms with Crippen molar-refractivity contribution in [3.05, 3.63) is 56.8 Å². The lowest BCUT2D eigenvalue weighted by Gasteiger charge is -2.04. The SMILES string of the molecule is Cc1cc(CNCc2ccc(CO)cc2)sc1C. The smallest absolute Gasteiger partial charge is 0.0681 e. The average molecular weight is 261 g/mol. The molecule has 0 saturated carbocycles. The Balaban J connectivity index is 1.84. The first-order chi connectivity index (χ1) is 8.69. The van der Waals surface area contributed by atoms with E-state index in [4.69, 9.17) is 5.11 Å². The van der Waals surface area contributed by atoms with Crippen LogP contribution >= 0.6 is 11.3 Å². The molecule has 0 saturated heterocycles. The Bertz CT molecular complexity index is 482. The quantitative estimate of drug-likeness (QED) is 0.866. The van der Waals surface area contributed by atoms with Gasteiger partial charge in [-0.1, -0.05) is 24.3 Å². The van der Waals surface area contributed by atoms with Crippen molar-refractivity contribution >= 4 is 11.3 Å². The number of aliphatic hydroxyl groups excluding tert-OH is 1. The molecule has 1 aromatic carbocycles. The molecule has 0 aliphatic carbocycles. The fraction of sp³-hybridized carbons (Fsp3) is 0.333. The summed E-state index contributed by atoms with van der Waals surface area (Å²) in [5, 5.41) is 12.4. The van der Waals surface area contributed by atoms with Gasteiger partial charge in [-0.3, -0.25) is 0 Å². The molecule has 0 atom stereocenters. The van der Waals surface area contributed by atoms with Gasteiger partial charge in [0.1, 0.15) is 0 Å². The molecule has 0 fully saturated rings. The van der Waals surface area contributed by atoms with Crippen molar-refractivity contribution < 1.29 is 5.11 Å². The van der Waals surface area contributed by atoms with E-state index in [9.17, 15) is 0 Å². The Labute approximate surface area is 112 Å². The zero-order valence-electron chi connectivity index (χ0n) is 10.9. The zero-order chi connectivity index (χ0) is 13.0. The first-order valence-electron chi connectivity index (χ1n) is 6.14. The molecule has 2 nitrogen and oxygen atoms in total. The number of thiophene rings is 1. The fourth-order valence-electron chi connectivity index (χ4n) is 1.83. The topological polar surface area (TPSA) is 32.3 Å². The second kappa shape index (κ2) is 6.14. The Morgan fingerprint density at radius 1 is 1.06 bits per heavy atom. The molecular weight excluding hydrogens is 242 g/mol. The van der Waals surface area contributed by atoms with Gasteiger partial charge in [-0.25, -0.2) is 0 Å². The molecule has 1 heterocycles. The summed E-state index contributed by atoms with van der Waals surface area (Å²) in [5.41, 5.74) is 3.59. The molecule has 96 valence electrons. The van der Waals surface area contributed by atoms with E-state index < -0.39 is 0 Å². The number of nitrogens with one attached hydrogen (secondary N) is 1. The molecule has 0 aliphatic heterocycles. The van der Waals surface area contributed by atoms with Crippen molar-refractivity contribution in [2.24, 2.45) is 0 Å². The molecule has 2 rings (SSSR count). The van der Waals surface area contributed by atoms with Gasteiger partial charge in [-0.15, -0.1) is 11.3 Å². The molecule has 0 radical (unpaired) electrons. The highest BCUT2D eigenvalue weighted by Gasteiger charge is 2.01. The highest BCUT2D eigenvalue weighted by atomic mass is 32.1. The van der Waals surface area contributed by atoms with Crippen molar-refractivity contribution in [1.29, 1.82) is 0 Å². The molecule has 0 aliphatic rings. The summed E-state index contributed by atoms with van der Waals surface area (Å²) in [7, 11) is 0.